The number of hydrogen-bond donors (Lipinski definition) is 0. The van der Waals surface area contributed by atoms with E-state index < -0.39 is 0 Å². The van der Waals surface area contributed by atoms with E-state index in [2.05, 4.69) is 6.92 Å². The molecule has 0 N–H and O–H groups in total. The molecule has 2 atom stereocenters. The molecule has 0 radical (unpaired) electrons. The van der Waals surface area contributed by atoms with Crippen molar-refractivity contribution in [3.63, 3.8) is 0 Å². The minimum absolute atomic E-state index is 0.109. The summed E-state index contributed by atoms with van der Waals surface area (Å²) >= 11 is 5.22. The molecule has 0 aromatic heterocycles. The number of carbonyl (C=O) groups is 1. The van der Waals surface area contributed by atoms with Crippen molar-refractivity contribution in [2.45, 2.75) is 25.5 Å². The summed E-state index contributed by atoms with van der Waals surface area (Å²) in [6.07, 6.45) is 1.26. The highest BCUT2D eigenvalue weighted by Crippen LogP contribution is 2.74. The monoisotopic (exact) mass is 256 g/mol. The van der Waals surface area contributed by atoms with Crippen molar-refractivity contribution in [2.75, 3.05) is 12.4 Å². The lowest BCUT2D eigenvalue weighted by atomic mass is 10.4. The van der Waals surface area contributed by atoms with Gasteiger partial charge in [-0.05, 0) is 13.3 Å². The summed E-state index contributed by atoms with van der Waals surface area (Å²) in [5, 5.41) is 0.594. The minimum Gasteiger partial charge on any atom is -0.458 e. The van der Waals surface area contributed by atoms with Gasteiger partial charge >= 0.3 is 5.30 Å². The predicted molar refractivity (Wildman–Crippen MR) is 65.7 cm³/mol. The number of rotatable bonds is 2. The third-order valence-electron chi connectivity index (χ3n) is 1.40. The third kappa shape index (κ3) is 4.82. The quantitative estimate of drug-likeness (QED) is 0.540. The summed E-state index contributed by atoms with van der Waals surface area (Å²) < 4.78 is 4.89. The van der Waals surface area contributed by atoms with E-state index in [1.165, 1.54) is 23.6 Å². The molecule has 1 rings (SSSR count). The molecule has 1 heterocycles. The largest absolute Gasteiger partial charge is 0.458 e. The van der Waals surface area contributed by atoms with Gasteiger partial charge in [0.25, 0.3) is 0 Å². The van der Waals surface area contributed by atoms with E-state index in [4.69, 9.17) is 4.74 Å². The van der Waals surface area contributed by atoms with Gasteiger partial charge in [-0.3, -0.25) is 0 Å². The highest BCUT2D eigenvalue weighted by Gasteiger charge is 2.23. The SMILES string of the molecule is CCOC(=O)SP1SCCC(C)S1. The smallest absolute Gasteiger partial charge is 0.373 e. The van der Waals surface area contributed by atoms with Crippen molar-refractivity contribution in [2.24, 2.45) is 0 Å². The van der Waals surface area contributed by atoms with Gasteiger partial charge in [0.15, 0.2) is 0 Å². The summed E-state index contributed by atoms with van der Waals surface area (Å²) in [4.78, 5) is 11.1. The summed E-state index contributed by atoms with van der Waals surface area (Å²) in [5.41, 5.74) is -0.287. The van der Waals surface area contributed by atoms with E-state index in [9.17, 15) is 4.79 Å². The van der Waals surface area contributed by atoms with Crippen molar-refractivity contribution < 1.29 is 9.53 Å². The maximum absolute atomic E-state index is 11.1. The normalized spacial score (nSPS) is 28.5. The van der Waals surface area contributed by atoms with E-state index in [0.29, 0.717) is 11.9 Å². The van der Waals surface area contributed by atoms with Crippen LogP contribution in [-0.2, 0) is 4.74 Å². The summed E-state index contributed by atoms with van der Waals surface area (Å²) in [7, 11) is 0. The molecule has 1 fully saturated rings. The van der Waals surface area contributed by atoms with Gasteiger partial charge in [0.05, 0.1) is 12.1 Å². The Balaban J connectivity index is 2.23. The summed E-state index contributed by atoms with van der Waals surface area (Å²) in [6, 6.07) is 0. The molecule has 0 aromatic carbocycles. The maximum atomic E-state index is 11.1. The van der Waals surface area contributed by atoms with Crippen molar-refractivity contribution in [1.82, 2.24) is 0 Å². The molecule has 13 heavy (non-hydrogen) atoms. The van der Waals surface area contributed by atoms with Gasteiger partial charge in [-0.15, -0.1) is 22.8 Å². The zero-order valence-corrected chi connectivity index (χ0v) is 11.0. The average Bonchev–Trinajstić information content (AvgIpc) is 2.04. The average molecular weight is 256 g/mol. The van der Waals surface area contributed by atoms with Crippen LogP contribution in [0.4, 0.5) is 4.79 Å². The lowest BCUT2D eigenvalue weighted by Crippen LogP contribution is -2.01. The molecule has 6 heteroatoms. The Labute approximate surface area is 92.3 Å². The fourth-order valence-corrected chi connectivity index (χ4v) is 11.9. The van der Waals surface area contributed by atoms with Crippen LogP contribution in [0.3, 0.4) is 0 Å². The molecular formula is C7H13O2PS3. The van der Waals surface area contributed by atoms with Gasteiger partial charge in [-0.1, -0.05) is 6.92 Å². The Morgan fingerprint density at radius 3 is 3.15 bits per heavy atom. The predicted octanol–water partition coefficient (Wildman–Crippen LogP) is 4.36. The molecule has 1 aliphatic heterocycles. The lowest BCUT2D eigenvalue weighted by Gasteiger charge is -2.23. The van der Waals surface area contributed by atoms with Crippen LogP contribution in [0.15, 0.2) is 0 Å². The topological polar surface area (TPSA) is 26.3 Å². The summed E-state index contributed by atoms with van der Waals surface area (Å²) in [6.45, 7) is 4.56. The first-order chi connectivity index (χ1) is 6.22. The van der Waals surface area contributed by atoms with Crippen molar-refractivity contribution >= 4 is 45.0 Å². The third-order valence-corrected chi connectivity index (χ3v) is 11.7. The Morgan fingerprint density at radius 1 is 1.77 bits per heavy atom. The highest BCUT2D eigenvalue weighted by molar-refractivity contribution is 9.14. The molecule has 0 spiro atoms. The van der Waals surface area contributed by atoms with E-state index in [0.717, 1.165) is 0 Å². The van der Waals surface area contributed by atoms with Crippen LogP contribution in [0.25, 0.3) is 0 Å². The van der Waals surface area contributed by atoms with E-state index in [1.807, 2.05) is 29.7 Å². The van der Waals surface area contributed by atoms with E-state index in [1.54, 1.807) is 0 Å². The van der Waals surface area contributed by atoms with E-state index >= 15 is 0 Å². The Morgan fingerprint density at radius 2 is 2.54 bits per heavy atom. The molecule has 76 valence electrons. The Bertz CT molecular complexity index is 179. The van der Waals surface area contributed by atoms with Gasteiger partial charge in [-0.2, -0.15) is 0 Å². The molecule has 0 bridgehead atoms. The van der Waals surface area contributed by atoms with Crippen LogP contribution in [-0.4, -0.2) is 22.9 Å². The Kier molecular flexibility index (Phi) is 5.95. The minimum atomic E-state index is -0.287. The second kappa shape index (κ2) is 6.44. The molecule has 1 saturated heterocycles. The zero-order chi connectivity index (χ0) is 9.68. The molecule has 0 aliphatic carbocycles. The van der Waals surface area contributed by atoms with Gasteiger partial charge in [-0.25, -0.2) is 4.79 Å². The van der Waals surface area contributed by atoms with Crippen LogP contribution in [0.5, 0.6) is 0 Å². The first-order valence-corrected chi connectivity index (χ1v) is 10.0. The molecule has 2 nitrogen and oxygen atoms in total. The maximum Gasteiger partial charge on any atom is 0.373 e. The van der Waals surface area contributed by atoms with E-state index in [-0.39, 0.29) is 10.8 Å². The fraction of sp³-hybridized carbons (Fsp3) is 0.857. The molecule has 0 aromatic rings. The number of ether oxygens (including phenoxy) is 1. The van der Waals surface area contributed by atoms with Gasteiger partial charge in [0.2, 0.25) is 0 Å². The van der Waals surface area contributed by atoms with Crippen LogP contribution < -0.4 is 0 Å². The van der Waals surface area contributed by atoms with Gasteiger partial charge in [0, 0.05) is 22.4 Å². The standard InChI is InChI=1S/C7H13O2PS3/c1-3-9-7(8)13-10-11-5-4-6(2)12-10/h6H,3-5H2,1-2H3. The molecule has 2 unspecified atom stereocenters. The van der Waals surface area contributed by atoms with Gasteiger partial charge < -0.3 is 4.74 Å². The Hall–Kier alpha value is 0.950. The first kappa shape index (κ1) is 12.0. The lowest BCUT2D eigenvalue weighted by molar-refractivity contribution is 0.182. The van der Waals surface area contributed by atoms with Crippen molar-refractivity contribution in [1.29, 1.82) is 0 Å². The second-order valence-corrected chi connectivity index (χ2v) is 12.5. The van der Waals surface area contributed by atoms with Crippen LogP contribution in [0.1, 0.15) is 20.3 Å². The zero-order valence-electron chi connectivity index (χ0n) is 7.69. The fourth-order valence-electron chi connectivity index (χ4n) is 0.776. The van der Waals surface area contributed by atoms with Crippen molar-refractivity contribution in [3.8, 4) is 0 Å². The first-order valence-electron chi connectivity index (χ1n) is 4.17. The van der Waals surface area contributed by atoms with Crippen LogP contribution in [0, 0.1) is 0 Å². The number of hydrogen-bond acceptors (Lipinski definition) is 5. The summed E-state index contributed by atoms with van der Waals surface area (Å²) in [5.74, 6) is 1.19. The molecular weight excluding hydrogens is 243 g/mol. The number of carbonyl (C=O) groups excluding carboxylic acids is 1. The van der Waals surface area contributed by atoms with Crippen LogP contribution in [0.2, 0.25) is 0 Å². The molecule has 0 saturated carbocycles. The second-order valence-electron chi connectivity index (χ2n) is 2.54. The van der Waals surface area contributed by atoms with Crippen molar-refractivity contribution in [3.05, 3.63) is 0 Å². The van der Waals surface area contributed by atoms with Gasteiger partial charge in [0.1, 0.15) is 0 Å². The molecule has 1 aliphatic rings. The highest BCUT2D eigenvalue weighted by atomic mass is 33.4. The molecule has 0 amide bonds. The van der Waals surface area contributed by atoms with Crippen LogP contribution >= 0.6 is 39.7 Å².